The second kappa shape index (κ2) is 9.27. The van der Waals surface area contributed by atoms with Crippen LogP contribution >= 0.6 is 0 Å². The predicted octanol–water partition coefficient (Wildman–Crippen LogP) is 2.44. The van der Waals surface area contributed by atoms with E-state index < -0.39 is 23.9 Å². The van der Waals surface area contributed by atoms with Crippen LogP contribution in [0.25, 0.3) is 16.6 Å². The fraction of sp³-hybridized carbons (Fsp3) is 0.417. The normalized spacial score (nSPS) is 20.1. The zero-order valence-electron chi connectivity index (χ0n) is 19.9. The number of anilines is 1. The Morgan fingerprint density at radius 3 is 2.59 bits per heavy atom. The quantitative estimate of drug-likeness (QED) is 0.469. The van der Waals surface area contributed by atoms with Crippen LogP contribution in [0.4, 0.5) is 14.5 Å². The van der Waals surface area contributed by atoms with Crippen LogP contribution in [-0.2, 0) is 4.79 Å². The lowest BCUT2D eigenvalue weighted by atomic mass is 10.00. The number of carbonyl (C=O) groups excluding carboxylic acids is 2. The maximum absolute atomic E-state index is 13.0. The highest BCUT2D eigenvalue weighted by molar-refractivity contribution is 6.02. The fourth-order valence-electron chi connectivity index (χ4n) is 4.76. The zero-order chi connectivity index (χ0) is 26.3. The number of nitrogens with two attached hydrogens (primary N) is 1. The molecule has 192 valence electrons. The number of alkyl halides is 2. The molecule has 3 N–H and O–H groups in total. The van der Waals surface area contributed by atoms with Crippen molar-refractivity contribution in [1.29, 1.82) is 5.26 Å². The third kappa shape index (κ3) is 4.50. The van der Waals surface area contributed by atoms with Gasteiger partial charge in [-0.3, -0.25) is 9.59 Å². The maximum Gasteiger partial charge on any atom is 0.389 e. The van der Waals surface area contributed by atoms with E-state index >= 15 is 0 Å². The number of hydrogen-bond acceptors (Lipinski definition) is 8. The van der Waals surface area contributed by atoms with Gasteiger partial charge in [0.15, 0.2) is 0 Å². The highest BCUT2D eigenvalue weighted by atomic mass is 19.3. The zero-order valence-corrected chi connectivity index (χ0v) is 19.9. The number of primary amides is 1. The molecule has 2 fully saturated rings. The van der Waals surface area contributed by atoms with Crippen molar-refractivity contribution in [2.45, 2.75) is 38.8 Å². The van der Waals surface area contributed by atoms with Crippen LogP contribution in [0.1, 0.15) is 36.5 Å². The first-order chi connectivity index (χ1) is 17.7. The number of aromatic nitrogens is 4. The van der Waals surface area contributed by atoms with Crippen molar-refractivity contribution in [3.05, 3.63) is 36.4 Å². The maximum atomic E-state index is 13.0. The highest BCUT2D eigenvalue weighted by Crippen LogP contribution is 2.47. The van der Waals surface area contributed by atoms with E-state index in [0.29, 0.717) is 48.3 Å². The number of halogens is 2. The molecule has 2 aliphatic rings. The Morgan fingerprint density at radius 1 is 1.27 bits per heavy atom. The molecule has 11 nitrogen and oxygen atoms in total. The van der Waals surface area contributed by atoms with E-state index in [1.54, 1.807) is 21.7 Å². The monoisotopic (exact) mass is 510 g/mol. The molecule has 0 aromatic carbocycles. The van der Waals surface area contributed by atoms with Crippen LogP contribution in [0, 0.1) is 22.7 Å². The van der Waals surface area contributed by atoms with Gasteiger partial charge in [-0.2, -0.15) is 19.1 Å². The van der Waals surface area contributed by atoms with Gasteiger partial charge in [0.25, 0.3) is 5.91 Å². The van der Waals surface area contributed by atoms with Gasteiger partial charge in [-0.1, -0.05) is 6.92 Å². The number of amides is 2. The first kappa shape index (κ1) is 24.4. The topological polar surface area (TPSA) is 152 Å². The number of ether oxygens (including phenoxy) is 1. The number of carbonyl (C=O) groups is 2. The van der Waals surface area contributed by atoms with Gasteiger partial charge in [0.1, 0.15) is 5.41 Å². The second-order valence-corrected chi connectivity index (χ2v) is 9.31. The van der Waals surface area contributed by atoms with Crippen molar-refractivity contribution in [3.63, 3.8) is 0 Å². The molecule has 2 amide bonds. The molecule has 0 spiro atoms. The molecule has 1 aliphatic heterocycles. The first-order valence-corrected chi connectivity index (χ1v) is 11.8. The first-order valence-electron chi connectivity index (χ1n) is 11.8. The van der Waals surface area contributed by atoms with Gasteiger partial charge in [0, 0.05) is 48.8 Å². The van der Waals surface area contributed by atoms with Crippen LogP contribution in [0.2, 0.25) is 0 Å². The molecule has 1 aliphatic carbocycles. The van der Waals surface area contributed by atoms with Crippen LogP contribution in [0.3, 0.4) is 0 Å². The van der Waals surface area contributed by atoms with Gasteiger partial charge in [-0.25, -0.2) is 14.5 Å². The third-order valence-corrected chi connectivity index (χ3v) is 7.01. The molecule has 2 atom stereocenters. The molecule has 13 heteroatoms. The summed E-state index contributed by atoms with van der Waals surface area (Å²) in [7, 11) is 0. The number of nitrogens with one attached hydrogen (secondary N) is 1. The lowest BCUT2D eigenvalue weighted by molar-refractivity contribution is -0.134. The number of hydrogen-bond donors (Lipinski definition) is 2. The van der Waals surface area contributed by atoms with Crippen molar-refractivity contribution < 1.29 is 23.1 Å². The third-order valence-electron chi connectivity index (χ3n) is 7.01. The molecule has 37 heavy (non-hydrogen) atoms. The Bertz CT molecular complexity index is 1400. The summed E-state index contributed by atoms with van der Waals surface area (Å²) < 4.78 is 30.6. The highest BCUT2D eigenvalue weighted by Gasteiger charge is 2.54. The molecule has 0 unspecified atom stereocenters. The van der Waals surface area contributed by atoms with Crippen LogP contribution < -0.4 is 15.8 Å². The number of rotatable bonds is 8. The lowest BCUT2D eigenvalue weighted by Crippen LogP contribution is -2.36. The molecule has 1 saturated heterocycles. The van der Waals surface area contributed by atoms with Gasteiger partial charge in [-0.15, -0.1) is 0 Å². The predicted molar refractivity (Wildman–Crippen MR) is 126 cm³/mol. The van der Waals surface area contributed by atoms with Crippen molar-refractivity contribution in [2.24, 2.45) is 17.1 Å². The van der Waals surface area contributed by atoms with Crippen molar-refractivity contribution >= 4 is 23.0 Å². The number of likely N-dealkylation sites (tertiary alicyclic amines) is 1. The Hall–Kier alpha value is -4.34. The van der Waals surface area contributed by atoms with E-state index in [2.05, 4.69) is 31.2 Å². The average molecular weight is 511 g/mol. The molecule has 0 radical (unpaired) electrons. The van der Waals surface area contributed by atoms with Crippen molar-refractivity contribution in [3.8, 4) is 23.2 Å². The van der Waals surface area contributed by atoms with Crippen LogP contribution in [0.5, 0.6) is 6.01 Å². The van der Waals surface area contributed by atoms with Gasteiger partial charge in [0.2, 0.25) is 5.91 Å². The number of nitriles is 1. The smallest absolute Gasteiger partial charge is 0.389 e. The van der Waals surface area contributed by atoms with E-state index in [0.717, 1.165) is 6.42 Å². The summed E-state index contributed by atoms with van der Waals surface area (Å²) in [4.78, 5) is 34.6. The van der Waals surface area contributed by atoms with E-state index in [1.165, 1.54) is 18.6 Å². The van der Waals surface area contributed by atoms with Crippen molar-refractivity contribution in [1.82, 2.24) is 24.5 Å². The molecule has 1 saturated carbocycles. The minimum Gasteiger partial charge on any atom is -0.401 e. The molecule has 0 bridgehead atoms. The summed E-state index contributed by atoms with van der Waals surface area (Å²) in [6, 6.07) is 3.29. The van der Waals surface area contributed by atoms with E-state index in [9.17, 15) is 23.6 Å². The van der Waals surface area contributed by atoms with E-state index in [4.69, 9.17) is 5.73 Å². The molecular formula is C24H24F2N8O3. The Kier molecular flexibility index (Phi) is 6.10. The number of nitrogens with zero attached hydrogens (tertiary/aromatic N) is 6. The summed E-state index contributed by atoms with van der Waals surface area (Å²) in [5.41, 5.74) is 7.10. The summed E-state index contributed by atoms with van der Waals surface area (Å²) in [6.07, 6.45) is 7.68. The molecule has 3 aromatic heterocycles. The molecule has 3 aromatic rings. The molecule has 4 heterocycles. The van der Waals surface area contributed by atoms with Crippen LogP contribution in [0.15, 0.2) is 30.9 Å². The average Bonchev–Trinajstić information content (AvgIpc) is 3.38. The summed E-state index contributed by atoms with van der Waals surface area (Å²) in [5.74, 6) is -0.716. The number of fused-ring (bicyclic) bond motifs is 1. The minimum absolute atomic E-state index is 0.0950. The summed E-state index contributed by atoms with van der Waals surface area (Å²) >= 11 is 0. The van der Waals surface area contributed by atoms with Crippen LogP contribution in [-0.4, -0.2) is 62.0 Å². The second-order valence-electron chi connectivity index (χ2n) is 9.31. The van der Waals surface area contributed by atoms with E-state index in [-0.39, 0.29) is 23.4 Å². The van der Waals surface area contributed by atoms with E-state index in [1.807, 2.05) is 6.92 Å². The SMILES string of the molecule is CC[C@H]1CN(C(=O)C2(C#N)CC2)C[C@H]1Nc1c(C(N)=O)cnn2cc(-c3cnc(OC(F)F)nc3)cc12. The molecular weight excluding hydrogens is 486 g/mol. The lowest BCUT2D eigenvalue weighted by Gasteiger charge is -2.22. The van der Waals surface area contributed by atoms with Crippen molar-refractivity contribution in [2.75, 3.05) is 18.4 Å². The summed E-state index contributed by atoms with van der Waals surface area (Å²) in [6.45, 7) is -0.101. The Balaban J connectivity index is 1.46. The fourth-order valence-corrected chi connectivity index (χ4v) is 4.76. The van der Waals surface area contributed by atoms with Gasteiger partial charge in [0.05, 0.1) is 29.0 Å². The van der Waals surface area contributed by atoms with Gasteiger partial charge < -0.3 is 20.7 Å². The van der Waals surface area contributed by atoms with Gasteiger partial charge in [-0.05, 0) is 31.2 Å². The standard InChI is InChI=1S/C24H24F2N8O3/c1-2-13-9-33(21(36)24(12-27)3-4-24)11-17(13)32-19-16(20(28)35)8-31-34-10-14(5-18(19)34)15-6-29-23(30-7-15)37-22(25)26/h5-8,10,13,17,22,32H,2-4,9,11H2,1H3,(H2,28,35)/t13-,17+/m0/s1. The Labute approximate surface area is 210 Å². The largest absolute Gasteiger partial charge is 0.401 e. The summed E-state index contributed by atoms with van der Waals surface area (Å²) in [5, 5.41) is 17.2. The Morgan fingerprint density at radius 2 is 2.00 bits per heavy atom. The molecule has 5 rings (SSSR count). The minimum atomic E-state index is -3.03. The van der Waals surface area contributed by atoms with Gasteiger partial charge >= 0.3 is 12.6 Å².